The molecule has 7 nitrogen and oxygen atoms in total. The largest absolute Gasteiger partial charge is 0.485 e. The molecule has 1 atom stereocenters. The Morgan fingerprint density at radius 3 is 2.74 bits per heavy atom. The molecule has 0 saturated carbocycles. The second-order valence-electron chi connectivity index (χ2n) is 5.77. The van der Waals surface area contributed by atoms with Crippen molar-refractivity contribution in [2.24, 2.45) is 0 Å². The number of fused-ring (bicyclic) bond motifs is 1. The van der Waals surface area contributed by atoms with Crippen molar-refractivity contribution < 1.29 is 28.5 Å². The number of amides is 1. The fourth-order valence-corrected chi connectivity index (χ4v) is 2.52. The molecule has 3 rings (SSSR count). The molecule has 0 saturated heterocycles. The van der Waals surface area contributed by atoms with Gasteiger partial charge >= 0.3 is 5.97 Å². The SMILES string of the molecule is CCOCCOC(=O)c1cccc(NC(=O)C2COc3ccccc3O2)c1. The van der Waals surface area contributed by atoms with Crippen molar-refractivity contribution in [3.05, 3.63) is 54.1 Å². The van der Waals surface area contributed by atoms with Crippen LogP contribution < -0.4 is 14.8 Å². The van der Waals surface area contributed by atoms with Crippen LogP contribution in [0.3, 0.4) is 0 Å². The van der Waals surface area contributed by atoms with E-state index >= 15 is 0 Å². The van der Waals surface area contributed by atoms with Gasteiger partial charge in [0.2, 0.25) is 6.10 Å². The summed E-state index contributed by atoms with van der Waals surface area (Å²) in [7, 11) is 0. The van der Waals surface area contributed by atoms with Crippen LogP contribution in [-0.4, -0.2) is 44.4 Å². The highest BCUT2D eigenvalue weighted by Crippen LogP contribution is 2.31. The van der Waals surface area contributed by atoms with Crippen molar-refractivity contribution in [2.75, 3.05) is 31.7 Å². The van der Waals surface area contributed by atoms with E-state index in [1.165, 1.54) is 0 Å². The minimum absolute atomic E-state index is 0.113. The zero-order valence-corrected chi connectivity index (χ0v) is 15.0. The smallest absolute Gasteiger partial charge is 0.338 e. The number of para-hydroxylation sites is 2. The van der Waals surface area contributed by atoms with Crippen LogP contribution in [0.25, 0.3) is 0 Å². The number of carbonyl (C=O) groups excluding carboxylic acids is 2. The van der Waals surface area contributed by atoms with Crippen LogP contribution in [0.4, 0.5) is 5.69 Å². The molecule has 7 heteroatoms. The lowest BCUT2D eigenvalue weighted by Gasteiger charge is -2.25. The quantitative estimate of drug-likeness (QED) is 0.595. The van der Waals surface area contributed by atoms with Gasteiger partial charge in [-0.2, -0.15) is 0 Å². The van der Waals surface area contributed by atoms with E-state index in [4.69, 9.17) is 18.9 Å². The fourth-order valence-electron chi connectivity index (χ4n) is 2.52. The predicted molar refractivity (Wildman–Crippen MR) is 98.2 cm³/mol. The highest BCUT2D eigenvalue weighted by molar-refractivity contribution is 5.96. The molecule has 0 aliphatic carbocycles. The molecule has 0 fully saturated rings. The summed E-state index contributed by atoms with van der Waals surface area (Å²) >= 11 is 0. The molecule has 0 spiro atoms. The number of nitrogens with one attached hydrogen (secondary N) is 1. The maximum absolute atomic E-state index is 12.5. The number of ether oxygens (including phenoxy) is 4. The first-order valence-corrected chi connectivity index (χ1v) is 8.71. The van der Waals surface area contributed by atoms with Gasteiger partial charge in [-0.05, 0) is 37.3 Å². The third-order valence-corrected chi connectivity index (χ3v) is 3.83. The number of anilines is 1. The first-order valence-electron chi connectivity index (χ1n) is 8.71. The third-order valence-electron chi connectivity index (χ3n) is 3.83. The van der Waals surface area contributed by atoms with E-state index in [9.17, 15) is 9.59 Å². The average molecular weight is 371 g/mol. The van der Waals surface area contributed by atoms with Crippen LogP contribution in [0.15, 0.2) is 48.5 Å². The van der Waals surface area contributed by atoms with Crippen LogP contribution in [0, 0.1) is 0 Å². The van der Waals surface area contributed by atoms with E-state index in [1.807, 2.05) is 19.1 Å². The van der Waals surface area contributed by atoms with Gasteiger partial charge in [-0.3, -0.25) is 4.79 Å². The van der Waals surface area contributed by atoms with Crippen LogP contribution in [0.1, 0.15) is 17.3 Å². The Morgan fingerprint density at radius 2 is 1.93 bits per heavy atom. The van der Waals surface area contributed by atoms with Gasteiger partial charge in [-0.25, -0.2) is 4.79 Å². The lowest BCUT2D eigenvalue weighted by molar-refractivity contribution is -0.125. The Bertz CT molecular complexity index is 807. The van der Waals surface area contributed by atoms with Gasteiger partial charge in [-0.1, -0.05) is 18.2 Å². The van der Waals surface area contributed by atoms with E-state index in [1.54, 1.807) is 36.4 Å². The van der Waals surface area contributed by atoms with E-state index in [-0.39, 0.29) is 19.1 Å². The van der Waals surface area contributed by atoms with Gasteiger partial charge in [0.05, 0.1) is 12.2 Å². The van der Waals surface area contributed by atoms with E-state index in [2.05, 4.69) is 5.32 Å². The summed E-state index contributed by atoms with van der Waals surface area (Å²) in [5.41, 5.74) is 0.817. The van der Waals surface area contributed by atoms with Crippen molar-refractivity contribution in [1.29, 1.82) is 0 Å². The van der Waals surface area contributed by atoms with Gasteiger partial charge in [-0.15, -0.1) is 0 Å². The standard InChI is InChI=1S/C20H21NO6/c1-2-24-10-11-25-20(23)14-6-5-7-15(12-14)21-19(22)18-13-26-16-8-3-4-9-17(16)27-18/h3-9,12,18H,2,10-11,13H2,1H3,(H,21,22). The highest BCUT2D eigenvalue weighted by atomic mass is 16.6. The molecule has 1 heterocycles. The van der Waals surface area contributed by atoms with Gasteiger partial charge in [0.15, 0.2) is 11.5 Å². The summed E-state index contributed by atoms with van der Waals surface area (Å²) in [6.45, 7) is 3.07. The molecule has 1 N–H and O–H groups in total. The number of esters is 1. The van der Waals surface area contributed by atoms with E-state index in [0.29, 0.717) is 36.0 Å². The molecule has 2 aromatic carbocycles. The molecule has 1 amide bonds. The molecule has 0 bridgehead atoms. The Labute approximate surface area is 157 Å². The first-order chi connectivity index (χ1) is 13.2. The van der Waals surface area contributed by atoms with Crippen molar-refractivity contribution in [1.82, 2.24) is 0 Å². The number of carbonyl (C=O) groups is 2. The molecule has 1 aliphatic rings. The van der Waals surface area contributed by atoms with Crippen molar-refractivity contribution >= 4 is 17.6 Å². The average Bonchev–Trinajstić information content (AvgIpc) is 2.71. The summed E-state index contributed by atoms with van der Waals surface area (Å²) in [6, 6.07) is 13.7. The molecule has 0 radical (unpaired) electrons. The number of benzene rings is 2. The second kappa shape index (κ2) is 9.05. The lowest BCUT2D eigenvalue weighted by Crippen LogP contribution is -2.40. The molecular formula is C20H21NO6. The number of rotatable bonds is 7. The molecule has 2 aromatic rings. The van der Waals surface area contributed by atoms with Gasteiger partial charge in [0.25, 0.3) is 5.91 Å². The molecular weight excluding hydrogens is 350 g/mol. The topological polar surface area (TPSA) is 83.1 Å². The number of hydrogen-bond acceptors (Lipinski definition) is 6. The zero-order valence-electron chi connectivity index (χ0n) is 15.0. The molecule has 142 valence electrons. The van der Waals surface area contributed by atoms with Crippen molar-refractivity contribution in [2.45, 2.75) is 13.0 Å². The summed E-state index contributed by atoms with van der Waals surface area (Å²) in [4.78, 5) is 24.5. The summed E-state index contributed by atoms with van der Waals surface area (Å²) in [5, 5.41) is 2.74. The zero-order chi connectivity index (χ0) is 19.1. The lowest BCUT2D eigenvalue weighted by atomic mass is 10.2. The van der Waals surface area contributed by atoms with Crippen molar-refractivity contribution in [3.63, 3.8) is 0 Å². The molecule has 0 aromatic heterocycles. The Balaban J connectivity index is 1.58. The highest BCUT2D eigenvalue weighted by Gasteiger charge is 2.27. The second-order valence-corrected chi connectivity index (χ2v) is 5.77. The van der Waals surface area contributed by atoms with E-state index < -0.39 is 12.1 Å². The summed E-state index contributed by atoms with van der Waals surface area (Å²) in [5.74, 6) is 0.303. The van der Waals surface area contributed by atoms with Crippen LogP contribution in [0.2, 0.25) is 0 Å². The van der Waals surface area contributed by atoms with Gasteiger partial charge in [0.1, 0.15) is 13.2 Å². The van der Waals surface area contributed by atoms with Crippen LogP contribution >= 0.6 is 0 Å². The molecule has 27 heavy (non-hydrogen) atoms. The summed E-state index contributed by atoms with van der Waals surface area (Å²) < 4.78 is 21.5. The molecule has 1 aliphatic heterocycles. The Hall–Kier alpha value is -3.06. The Kier molecular flexibility index (Phi) is 6.27. The minimum Gasteiger partial charge on any atom is -0.485 e. The predicted octanol–water partition coefficient (Wildman–Crippen LogP) is 2.66. The van der Waals surface area contributed by atoms with Gasteiger partial charge in [0, 0.05) is 12.3 Å². The fraction of sp³-hybridized carbons (Fsp3) is 0.300. The van der Waals surface area contributed by atoms with E-state index in [0.717, 1.165) is 0 Å². The van der Waals surface area contributed by atoms with Crippen LogP contribution in [0.5, 0.6) is 11.5 Å². The normalized spacial score (nSPS) is 15.1. The first kappa shape index (κ1) is 18.7. The monoisotopic (exact) mass is 371 g/mol. The number of hydrogen-bond donors (Lipinski definition) is 1. The van der Waals surface area contributed by atoms with Gasteiger partial charge < -0.3 is 24.3 Å². The third kappa shape index (κ3) is 4.98. The maximum Gasteiger partial charge on any atom is 0.338 e. The minimum atomic E-state index is -0.776. The molecule has 1 unspecified atom stereocenters. The summed E-state index contributed by atoms with van der Waals surface area (Å²) in [6.07, 6.45) is -0.776. The van der Waals surface area contributed by atoms with Crippen molar-refractivity contribution in [3.8, 4) is 11.5 Å². The Morgan fingerprint density at radius 1 is 1.11 bits per heavy atom. The van der Waals surface area contributed by atoms with Crippen LogP contribution in [-0.2, 0) is 14.3 Å². The maximum atomic E-state index is 12.5.